The third-order valence-corrected chi connectivity index (χ3v) is 4.30. The Morgan fingerprint density at radius 1 is 1.35 bits per heavy atom. The average molecular weight is 340 g/mol. The normalized spacial score (nSPS) is 16.7. The van der Waals surface area contributed by atoms with E-state index in [-0.39, 0.29) is 17.8 Å². The highest BCUT2D eigenvalue weighted by Gasteiger charge is 2.31. The van der Waals surface area contributed by atoms with Crippen LogP contribution in [0, 0.1) is 5.92 Å². The number of nitrogens with zero attached hydrogens (tertiary/aromatic N) is 1. The van der Waals surface area contributed by atoms with Crippen molar-refractivity contribution in [3.63, 3.8) is 0 Å². The maximum atomic E-state index is 12.6. The number of ether oxygens (including phenoxy) is 2. The molecule has 1 aromatic rings. The Balaban J connectivity index is 1.94. The van der Waals surface area contributed by atoms with Crippen LogP contribution in [0.25, 0.3) is 0 Å². The van der Waals surface area contributed by atoms with E-state index in [2.05, 4.69) is 0 Å². The lowest BCUT2D eigenvalue weighted by Gasteiger charge is -2.33. The van der Waals surface area contributed by atoms with Gasteiger partial charge in [0.2, 0.25) is 0 Å². The predicted octanol–water partition coefficient (Wildman–Crippen LogP) is 2.91. The van der Waals surface area contributed by atoms with E-state index < -0.39 is 6.10 Å². The fraction of sp³-hybridized carbons (Fsp3) is 0.529. The fourth-order valence-corrected chi connectivity index (χ4v) is 2.90. The Hall–Kier alpha value is -1.75. The van der Waals surface area contributed by atoms with Crippen LogP contribution < -0.4 is 4.74 Å². The summed E-state index contributed by atoms with van der Waals surface area (Å²) in [5.41, 5.74) is 0. The molecule has 126 valence electrons. The van der Waals surface area contributed by atoms with Crippen molar-refractivity contribution in [1.82, 2.24) is 4.90 Å². The van der Waals surface area contributed by atoms with Crippen LogP contribution in [-0.4, -0.2) is 43.1 Å². The summed E-state index contributed by atoms with van der Waals surface area (Å²) < 4.78 is 10.6. The van der Waals surface area contributed by atoms with Crippen molar-refractivity contribution in [2.24, 2.45) is 5.92 Å². The molecule has 1 aliphatic heterocycles. The molecule has 0 spiro atoms. The van der Waals surface area contributed by atoms with Crippen LogP contribution in [0.5, 0.6) is 5.75 Å². The van der Waals surface area contributed by atoms with E-state index in [0.717, 1.165) is 0 Å². The summed E-state index contributed by atoms with van der Waals surface area (Å²) in [5.74, 6) is 0.232. The van der Waals surface area contributed by atoms with Gasteiger partial charge in [0.05, 0.1) is 13.0 Å². The number of halogens is 1. The minimum absolute atomic E-state index is 0.0456. The molecule has 0 aliphatic carbocycles. The molecule has 1 aliphatic rings. The van der Waals surface area contributed by atoms with Crippen molar-refractivity contribution < 1.29 is 19.1 Å². The first-order valence-electron chi connectivity index (χ1n) is 7.84. The van der Waals surface area contributed by atoms with Crippen LogP contribution in [0.3, 0.4) is 0 Å². The number of methoxy groups -OCH3 is 1. The van der Waals surface area contributed by atoms with E-state index in [9.17, 15) is 9.59 Å². The highest BCUT2D eigenvalue weighted by Crippen LogP contribution is 2.22. The molecule has 1 atom stereocenters. The Kier molecular flexibility index (Phi) is 6.28. The second-order valence-electron chi connectivity index (χ2n) is 5.59. The number of hydrogen-bond donors (Lipinski definition) is 0. The first-order chi connectivity index (χ1) is 11.0. The molecule has 1 fully saturated rings. The van der Waals surface area contributed by atoms with Gasteiger partial charge < -0.3 is 14.4 Å². The van der Waals surface area contributed by atoms with Crippen LogP contribution in [0.15, 0.2) is 24.3 Å². The van der Waals surface area contributed by atoms with Gasteiger partial charge in [-0.1, -0.05) is 24.6 Å². The number of esters is 1. The maximum Gasteiger partial charge on any atom is 0.308 e. The molecule has 2 rings (SSSR count). The lowest BCUT2D eigenvalue weighted by Crippen LogP contribution is -2.46. The van der Waals surface area contributed by atoms with E-state index in [0.29, 0.717) is 43.1 Å². The van der Waals surface area contributed by atoms with Gasteiger partial charge in [-0.05, 0) is 37.5 Å². The van der Waals surface area contributed by atoms with Crippen molar-refractivity contribution in [2.45, 2.75) is 32.3 Å². The second kappa shape index (κ2) is 8.20. The predicted molar refractivity (Wildman–Crippen MR) is 87.5 cm³/mol. The summed E-state index contributed by atoms with van der Waals surface area (Å²) in [6.45, 7) is 3.01. The third-order valence-electron chi connectivity index (χ3n) is 4.06. The molecule has 1 amide bonds. The van der Waals surface area contributed by atoms with Crippen molar-refractivity contribution in [3.05, 3.63) is 29.3 Å². The minimum Gasteiger partial charge on any atom is -0.481 e. The van der Waals surface area contributed by atoms with E-state index in [1.165, 1.54) is 7.11 Å². The van der Waals surface area contributed by atoms with Crippen LogP contribution >= 0.6 is 11.6 Å². The number of amides is 1. The molecule has 23 heavy (non-hydrogen) atoms. The van der Waals surface area contributed by atoms with Crippen molar-refractivity contribution in [2.75, 3.05) is 20.2 Å². The lowest BCUT2D eigenvalue weighted by molar-refractivity contribution is -0.150. The number of benzene rings is 1. The van der Waals surface area contributed by atoms with Gasteiger partial charge in [0.15, 0.2) is 6.10 Å². The van der Waals surface area contributed by atoms with Crippen molar-refractivity contribution in [1.29, 1.82) is 0 Å². The zero-order chi connectivity index (χ0) is 16.8. The van der Waals surface area contributed by atoms with Gasteiger partial charge in [0.1, 0.15) is 5.75 Å². The molecule has 1 unspecified atom stereocenters. The largest absolute Gasteiger partial charge is 0.481 e. The molecule has 0 saturated carbocycles. The summed E-state index contributed by atoms with van der Waals surface area (Å²) in [7, 11) is 1.39. The molecule has 1 saturated heterocycles. The molecular weight excluding hydrogens is 318 g/mol. The molecule has 5 nitrogen and oxygen atoms in total. The standard InChI is InChI=1S/C17H22ClNO4/c1-3-15(23-14-6-4-5-13(18)11-14)16(20)19-9-7-12(8-10-19)17(21)22-2/h4-6,11-12,15H,3,7-10H2,1-2H3. The second-order valence-corrected chi connectivity index (χ2v) is 6.03. The molecular formula is C17H22ClNO4. The van der Waals surface area contributed by atoms with Gasteiger partial charge in [-0.2, -0.15) is 0 Å². The van der Waals surface area contributed by atoms with E-state index in [1.54, 1.807) is 29.2 Å². The van der Waals surface area contributed by atoms with Gasteiger partial charge in [0.25, 0.3) is 5.91 Å². The fourth-order valence-electron chi connectivity index (χ4n) is 2.72. The molecule has 0 bridgehead atoms. The molecule has 0 aromatic heterocycles. The quantitative estimate of drug-likeness (QED) is 0.774. The van der Waals surface area contributed by atoms with Crippen LogP contribution in [-0.2, 0) is 14.3 Å². The van der Waals surface area contributed by atoms with Crippen LogP contribution in [0.2, 0.25) is 5.02 Å². The summed E-state index contributed by atoms with van der Waals surface area (Å²) in [5, 5.41) is 0.573. The number of carbonyl (C=O) groups is 2. The van der Waals surface area contributed by atoms with Gasteiger partial charge >= 0.3 is 5.97 Å². The van der Waals surface area contributed by atoms with E-state index in [4.69, 9.17) is 21.1 Å². The summed E-state index contributed by atoms with van der Waals surface area (Å²) in [4.78, 5) is 25.9. The molecule has 0 N–H and O–H groups in total. The summed E-state index contributed by atoms with van der Waals surface area (Å²) in [6, 6.07) is 7.03. The topological polar surface area (TPSA) is 55.8 Å². The Bertz CT molecular complexity index is 555. The highest BCUT2D eigenvalue weighted by molar-refractivity contribution is 6.30. The molecule has 1 aromatic carbocycles. The summed E-state index contributed by atoms with van der Waals surface area (Å²) in [6.07, 6.45) is 1.29. The number of hydrogen-bond acceptors (Lipinski definition) is 4. The first-order valence-corrected chi connectivity index (χ1v) is 8.21. The number of piperidine rings is 1. The SMILES string of the molecule is CCC(Oc1cccc(Cl)c1)C(=O)N1CCC(C(=O)OC)CC1. The zero-order valence-electron chi connectivity index (χ0n) is 13.5. The van der Waals surface area contributed by atoms with Crippen LogP contribution in [0.4, 0.5) is 0 Å². The van der Waals surface area contributed by atoms with Crippen molar-refractivity contribution >= 4 is 23.5 Å². The first kappa shape index (κ1) is 17.6. The lowest BCUT2D eigenvalue weighted by atomic mass is 9.96. The minimum atomic E-state index is -0.539. The Labute approximate surface area is 141 Å². The van der Waals surface area contributed by atoms with E-state index >= 15 is 0 Å². The monoisotopic (exact) mass is 339 g/mol. The van der Waals surface area contributed by atoms with Gasteiger partial charge in [-0.3, -0.25) is 9.59 Å². The highest BCUT2D eigenvalue weighted by atomic mass is 35.5. The molecule has 1 heterocycles. The smallest absolute Gasteiger partial charge is 0.308 e. The third kappa shape index (κ3) is 4.61. The number of rotatable bonds is 5. The molecule has 0 radical (unpaired) electrons. The molecule has 6 heteroatoms. The van der Waals surface area contributed by atoms with Gasteiger partial charge in [-0.15, -0.1) is 0 Å². The average Bonchev–Trinajstić information content (AvgIpc) is 2.58. The Morgan fingerprint density at radius 3 is 2.61 bits per heavy atom. The van der Waals surface area contributed by atoms with Gasteiger partial charge in [-0.25, -0.2) is 0 Å². The Morgan fingerprint density at radius 2 is 2.04 bits per heavy atom. The van der Waals surface area contributed by atoms with Gasteiger partial charge in [0, 0.05) is 18.1 Å². The van der Waals surface area contributed by atoms with Crippen molar-refractivity contribution in [3.8, 4) is 5.75 Å². The zero-order valence-corrected chi connectivity index (χ0v) is 14.2. The number of likely N-dealkylation sites (tertiary alicyclic amines) is 1. The van der Waals surface area contributed by atoms with E-state index in [1.807, 2.05) is 6.92 Å². The maximum absolute atomic E-state index is 12.6. The summed E-state index contributed by atoms with van der Waals surface area (Å²) >= 11 is 5.94. The number of carbonyl (C=O) groups excluding carboxylic acids is 2. The van der Waals surface area contributed by atoms with Crippen LogP contribution in [0.1, 0.15) is 26.2 Å².